The first-order valence-electron chi connectivity index (χ1n) is 4.57. The molecule has 1 aromatic rings. The van der Waals surface area contributed by atoms with Crippen LogP contribution in [0, 0.1) is 6.92 Å². The smallest absolute Gasteiger partial charge is 0.0562 e. The summed E-state index contributed by atoms with van der Waals surface area (Å²) in [6, 6.07) is 0.643. The number of rotatable bonds is 2. The van der Waals surface area contributed by atoms with Crippen LogP contribution in [0.5, 0.6) is 0 Å². The number of aromatic nitrogens is 2. The third-order valence-corrected chi connectivity index (χ3v) is 2.33. The summed E-state index contributed by atoms with van der Waals surface area (Å²) in [5.74, 6) is 0. The molecule has 0 aromatic carbocycles. The van der Waals surface area contributed by atoms with Gasteiger partial charge in [-0.05, 0) is 31.9 Å². The normalized spacial score (nSPS) is 23.2. The molecule has 1 aliphatic rings. The maximum absolute atomic E-state index is 4.26. The second-order valence-corrected chi connectivity index (χ2v) is 3.53. The van der Waals surface area contributed by atoms with Crippen molar-refractivity contribution in [3.63, 3.8) is 0 Å². The van der Waals surface area contributed by atoms with Crippen LogP contribution in [0.4, 0.5) is 0 Å². The molecular weight excluding hydrogens is 150 g/mol. The summed E-state index contributed by atoms with van der Waals surface area (Å²) in [7, 11) is 0. The molecule has 3 heteroatoms. The van der Waals surface area contributed by atoms with Crippen LogP contribution < -0.4 is 5.32 Å². The highest BCUT2D eigenvalue weighted by molar-refractivity contribution is 4.99. The highest BCUT2D eigenvalue weighted by Gasteiger charge is 2.14. The summed E-state index contributed by atoms with van der Waals surface area (Å²) < 4.78 is 2.03. The summed E-state index contributed by atoms with van der Waals surface area (Å²) in [5.41, 5.74) is 1.24. The van der Waals surface area contributed by atoms with Crippen molar-refractivity contribution < 1.29 is 0 Å². The van der Waals surface area contributed by atoms with Crippen molar-refractivity contribution in [1.82, 2.24) is 15.1 Å². The van der Waals surface area contributed by atoms with E-state index < -0.39 is 0 Å². The molecule has 1 atom stereocenters. The minimum absolute atomic E-state index is 0.643. The lowest BCUT2D eigenvalue weighted by Crippen LogP contribution is -2.26. The fraction of sp³-hybridized carbons (Fsp3) is 0.667. The molecule has 1 N–H and O–H groups in total. The fourth-order valence-electron chi connectivity index (χ4n) is 1.71. The van der Waals surface area contributed by atoms with E-state index in [0.717, 1.165) is 6.54 Å². The molecule has 12 heavy (non-hydrogen) atoms. The van der Waals surface area contributed by atoms with Crippen molar-refractivity contribution in [3.05, 3.63) is 18.0 Å². The van der Waals surface area contributed by atoms with Crippen LogP contribution in [-0.4, -0.2) is 22.4 Å². The average molecular weight is 165 g/mol. The molecule has 0 amide bonds. The maximum atomic E-state index is 4.26. The largest absolute Gasteiger partial charge is 0.312 e. The van der Waals surface area contributed by atoms with E-state index in [0.29, 0.717) is 6.04 Å². The lowest BCUT2D eigenvalue weighted by Gasteiger charge is -2.09. The Morgan fingerprint density at radius 2 is 2.67 bits per heavy atom. The van der Waals surface area contributed by atoms with Crippen LogP contribution in [-0.2, 0) is 6.54 Å². The Hall–Kier alpha value is -0.830. The molecule has 0 spiro atoms. The van der Waals surface area contributed by atoms with Crippen LogP contribution >= 0.6 is 0 Å². The first-order chi connectivity index (χ1) is 5.84. The van der Waals surface area contributed by atoms with Gasteiger partial charge >= 0.3 is 0 Å². The number of hydrogen-bond donors (Lipinski definition) is 1. The van der Waals surface area contributed by atoms with E-state index in [1.54, 1.807) is 0 Å². The monoisotopic (exact) mass is 165 g/mol. The molecule has 1 fully saturated rings. The van der Waals surface area contributed by atoms with Crippen molar-refractivity contribution in [1.29, 1.82) is 0 Å². The standard InChI is InChI=1S/C9H15N3/c1-8-5-11-12(6-8)7-9-3-2-4-10-9/h5-6,9-10H,2-4,7H2,1H3. The van der Waals surface area contributed by atoms with E-state index in [4.69, 9.17) is 0 Å². The van der Waals surface area contributed by atoms with Gasteiger partial charge in [-0.1, -0.05) is 0 Å². The third kappa shape index (κ3) is 1.67. The average Bonchev–Trinajstić information content (AvgIpc) is 2.63. The van der Waals surface area contributed by atoms with Crippen LogP contribution in [0.2, 0.25) is 0 Å². The Balaban J connectivity index is 1.94. The van der Waals surface area contributed by atoms with Gasteiger partial charge in [0.05, 0.1) is 12.7 Å². The maximum Gasteiger partial charge on any atom is 0.0562 e. The topological polar surface area (TPSA) is 29.9 Å². The Kier molecular flexibility index (Phi) is 2.13. The quantitative estimate of drug-likeness (QED) is 0.707. The number of aryl methyl sites for hydroxylation is 1. The predicted molar refractivity (Wildman–Crippen MR) is 48.0 cm³/mol. The van der Waals surface area contributed by atoms with Gasteiger partial charge in [0.25, 0.3) is 0 Å². The first-order valence-corrected chi connectivity index (χ1v) is 4.57. The van der Waals surface area contributed by atoms with Gasteiger partial charge in [0.1, 0.15) is 0 Å². The summed E-state index contributed by atoms with van der Waals surface area (Å²) in [6.07, 6.45) is 6.61. The van der Waals surface area contributed by atoms with Gasteiger partial charge in [-0.15, -0.1) is 0 Å². The molecule has 0 aliphatic carbocycles. The summed E-state index contributed by atoms with van der Waals surface area (Å²) >= 11 is 0. The van der Waals surface area contributed by atoms with E-state index in [2.05, 4.69) is 23.5 Å². The van der Waals surface area contributed by atoms with E-state index in [1.165, 1.54) is 24.9 Å². The molecule has 3 nitrogen and oxygen atoms in total. The highest BCUT2D eigenvalue weighted by Crippen LogP contribution is 2.07. The Morgan fingerprint density at radius 3 is 3.25 bits per heavy atom. The van der Waals surface area contributed by atoms with Crippen molar-refractivity contribution >= 4 is 0 Å². The molecule has 0 bridgehead atoms. The van der Waals surface area contributed by atoms with Gasteiger partial charge in [-0.25, -0.2) is 0 Å². The van der Waals surface area contributed by atoms with Crippen LogP contribution in [0.15, 0.2) is 12.4 Å². The lowest BCUT2D eigenvalue weighted by molar-refractivity contribution is 0.476. The van der Waals surface area contributed by atoms with Crippen LogP contribution in [0.25, 0.3) is 0 Å². The number of hydrogen-bond acceptors (Lipinski definition) is 2. The van der Waals surface area contributed by atoms with Crippen LogP contribution in [0.3, 0.4) is 0 Å². The SMILES string of the molecule is Cc1cnn(CC2CCCN2)c1. The van der Waals surface area contributed by atoms with Crippen molar-refractivity contribution in [2.24, 2.45) is 0 Å². The Bertz CT molecular complexity index is 248. The molecule has 66 valence electrons. The van der Waals surface area contributed by atoms with E-state index in [-0.39, 0.29) is 0 Å². The van der Waals surface area contributed by atoms with Crippen molar-refractivity contribution in [2.75, 3.05) is 6.54 Å². The fourth-order valence-corrected chi connectivity index (χ4v) is 1.71. The molecular formula is C9H15N3. The summed E-state index contributed by atoms with van der Waals surface area (Å²) in [6.45, 7) is 4.27. The zero-order valence-electron chi connectivity index (χ0n) is 7.45. The molecule has 1 aromatic heterocycles. The summed E-state index contributed by atoms with van der Waals surface area (Å²) in [4.78, 5) is 0. The van der Waals surface area contributed by atoms with Gasteiger partial charge in [-0.3, -0.25) is 4.68 Å². The van der Waals surface area contributed by atoms with Gasteiger partial charge in [-0.2, -0.15) is 5.10 Å². The summed E-state index contributed by atoms with van der Waals surface area (Å²) in [5, 5.41) is 7.71. The minimum Gasteiger partial charge on any atom is -0.312 e. The Labute approximate surface area is 72.8 Å². The predicted octanol–water partition coefficient (Wildman–Crippen LogP) is 0.944. The van der Waals surface area contributed by atoms with Gasteiger partial charge < -0.3 is 5.32 Å². The second kappa shape index (κ2) is 3.27. The highest BCUT2D eigenvalue weighted by atomic mass is 15.3. The zero-order chi connectivity index (χ0) is 8.39. The van der Waals surface area contributed by atoms with Crippen LogP contribution in [0.1, 0.15) is 18.4 Å². The van der Waals surface area contributed by atoms with Gasteiger partial charge in [0.15, 0.2) is 0 Å². The van der Waals surface area contributed by atoms with E-state index >= 15 is 0 Å². The van der Waals surface area contributed by atoms with E-state index in [9.17, 15) is 0 Å². The number of nitrogens with one attached hydrogen (secondary N) is 1. The molecule has 1 saturated heterocycles. The van der Waals surface area contributed by atoms with Gasteiger partial charge in [0.2, 0.25) is 0 Å². The molecule has 0 saturated carbocycles. The molecule has 2 rings (SSSR count). The zero-order valence-corrected chi connectivity index (χ0v) is 7.45. The molecule has 0 radical (unpaired) electrons. The van der Waals surface area contributed by atoms with Crippen molar-refractivity contribution in [3.8, 4) is 0 Å². The number of nitrogens with zero attached hydrogens (tertiary/aromatic N) is 2. The van der Waals surface area contributed by atoms with E-state index in [1.807, 2.05) is 10.9 Å². The Morgan fingerprint density at radius 1 is 1.75 bits per heavy atom. The second-order valence-electron chi connectivity index (χ2n) is 3.53. The minimum atomic E-state index is 0.643. The first kappa shape index (κ1) is 7.80. The van der Waals surface area contributed by atoms with Gasteiger partial charge in [0, 0.05) is 12.2 Å². The molecule has 1 unspecified atom stereocenters. The molecule has 1 aliphatic heterocycles. The lowest BCUT2D eigenvalue weighted by atomic mass is 10.2. The third-order valence-electron chi connectivity index (χ3n) is 2.33. The van der Waals surface area contributed by atoms with Crippen molar-refractivity contribution in [2.45, 2.75) is 32.4 Å². The molecule has 2 heterocycles.